The van der Waals surface area contributed by atoms with Crippen LogP contribution in [0, 0.1) is 0 Å². The van der Waals surface area contributed by atoms with Gasteiger partial charge in [-0.05, 0) is 31.2 Å². The van der Waals surface area contributed by atoms with E-state index in [0.717, 1.165) is 17.9 Å². The van der Waals surface area contributed by atoms with Crippen LogP contribution in [0.3, 0.4) is 0 Å². The van der Waals surface area contributed by atoms with Gasteiger partial charge in [0, 0.05) is 12.6 Å². The maximum atomic E-state index is 5.74. The Bertz CT molecular complexity index is 497. The van der Waals surface area contributed by atoms with Crippen LogP contribution in [-0.4, -0.2) is 17.2 Å². The Morgan fingerprint density at radius 1 is 1.11 bits per heavy atom. The van der Waals surface area contributed by atoms with E-state index >= 15 is 0 Å². The lowest BCUT2D eigenvalue weighted by Crippen LogP contribution is -2.07. The molecule has 0 spiro atoms. The van der Waals surface area contributed by atoms with Gasteiger partial charge >= 0.3 is 0 Å². The molecular formula is C14H17N3O. The Kier molecular flexibility index (Phi) is 4.25. The summed E-state index contributed by atoms with van der Waals surface area (Å²) in [7, 11) is 1.88. The lowest BCUT2D eigenvalue weighted by molar-refractivity contribution is 0.448. The highest BCUT2D eigenvalue weighted by Gasteiger charge is 2.04. The fourth-order valence-corrected chi connectivity index (χ4v) is 1.69. The van der Waals surface area contributed by atoms with Gasteiger partial charge in [0.2, 0.25) is 5.88 Å². The summed E-state index contributed by atoms with van der Waals surface area (Å²) in [5.74, 6) is 1.37. The molecule has 1 aromatic carbocycles. The number of nitrogens with one attached hydrogen (secondary N) is 1. The number of ether oxygens (including phenoxy) is 1. The van der Waals surface area contributed by atoms with Crippen LogP contribution in [0.4, 0.5) is 0 Å². The molecule has 2 rings (SSSR count). The third-order valence-corrected chi connectivity index (χ3v) is 2.62. The van der Waals surface area contributed by atoms with E-state index in [1.807, 2.05) is 37.4 Å². The van der Waals surface area contributed by atoms with E-state index in [1.54, 1.807) is 0 Å². The predicted molar refractivity (Wildman–Crippen MR) is 70.7 cm³/mol. The van der Waals surface area contributed by atoms with Gasteiger partial charge in [-0.3, -0.25) is 0 Å². The van der Waals surface area contributed by atoms with E-state index in [4.69, 9.17) is 4.74 Å². The van der Waals surface area contributed by atoms with E-state index in [1.165, 1.54) is 5.56 Å². The molecule has 0 amide bonds. The predicted octanol–water partition coefficient (Wildman–Crippen LogP) is 2.55. The number of nitrogens with zero attached hydrogens (tertiary/aromatic N) is 2. The van der Waals surface area contributed by atoms with E-state index in [-0.39, 0.29) is 0 Å². The van der Waals surface area contributed by atoms with Crippen molar-refractivity contribution < 1.29 is 4.74 Å². The molecule has 94 valence electrons. The summed E-state index contributed by atoms with van der Waals surface area (Å²) in [6.07, 6.45) is 0.932. The fourth-order valence-electron chi connectivity index (χ4n) is 1.69. The first kappa shape index (κ1) is 12.5. The van der Waals surface area contributed by atoms with Crippen LogP contribution in [0.15, 0.2) is 36.4 Å². The first-order chi connectivity index (χ1) is 8.83. The van der Waals surface area contributed by atoms with E-state index < -0.39 is 0 Å². The highest BCUT2D eigenvalue weighted by molar-refractivity contribution is 5.35. The van der Waals surface area contributed by atoms with Gasteiger partial charge in [-0.25, -0.2) is 0 Å². The Balaban J connectivity index is 2.13. The van der Waals surface area contributed by atoms with Gasteiger partial charge in [0.15, 0.2) is 0 Å². The molecule has 0 atom stereocenters. The second-order valence-corrected chi connectivity index (χ2v) is 3.96. The van der Waals surface area contributed by atoms with Crippen molar-refractivity contribution >= 4 is 0 Å². The molecule has 0 saturated carbocycles. The van der Waals surface area contributed by atoms with E-state index in [2.05, 4.69) is 28.5 Å². The van der Waals surface area contributed by atoms with Crippen LogP contribution in [0.25, 0.3) is 0 Å². The summed E-state index contributed by atoms with van der Waals surface area (Å²) in [5.41, 5.74) is 2.06. The number of benzene rings is 1. The molecule has 0 unspecified atom stereocenters. The van der Waals surface area contributed by atoms with Crippen molar-refractivity contribution in [1.29, 1.82) is 0 Å². The molecule has 0 aliphatic rings. The minimum Gasteiger partial charge on any atom is -0.437 e. The minimum atomic E-state index is 0.524. The summed E-state index contributed by atoms with van der Waals surface area (Å²) < 4.78 is 5.74. The Labute approximate surface area is 107 Å². The van der Waals surface area contributed by atoms with Gasteiger partial charge in [-0.1, -0.05) is 25.1 Å². The molecule has 0 fully saturated rings. The van der Waals surface area contributed by atoms with E-state index in [9.17, 15) is 0 Å². The van der Waals surface area contributed by atoms with Crippen LogP contribution in [-0.2, 0) is 13.0 Å². The van der Waals surface area contributed by atoms with Gasteiger partial charge in [-0.15, -0.1) is 5.10 Å². The van der Waals surface area contributed by atoms with Crippen LogP contribution in [0.2, 0.25) is 0 Å². The lowest BCUT2D eigenvalue weighted by atomic mass is 10.1. The summed E-state index contributed by atoms with van der Waals surface area (Å²) in [6.45, 7) is 2.81. The molecular weight excluding hydrogens is 226 g/mol. The molecule has 1 aromatic heterocycles. The van der Waals surface area contributed by atoms with Crippen molar-refractivity contribution in [2.45, 2.75) is 19.9 Å². The van der Waals surface area contributed by atoms with Gasteiger partial charge in [0.1, 0.15) is 5.75 Å². The zero-order valence-electron chi connectivity index (χ0n) is 10.7. The number of aryl methyl sites for hydroxylation is 1. The van der Waals surface area contributed by atoms with Crippen molar-refractivity contribution in [1.82, 2.24) is 15.5 Å². The number of hydrogen-bond donors (Lipinski definition) is 1. The molecule has 0 bridgehead atoms. The number of aromatic nitrogens is 2. The Hall–Kier alpha value is -1.94. The SMILES string of the molecule is CCc1ccccc1Oc1ccc(CNC)nn1. The Morgan fingerprint density at radius 3 is 2.61 bits per heavy atom. The van der Waals surface area contributed by atoms with Gasteiger partial charge < -0.3 is 10.1 Å². The second-order valence-electron chi connectivity index (χ2n) is 3.96. The first-order valence-electron chi connectivity index (χ1n) is 6.06. The van der Waals surface area contributed by atoms with Gasteiger partial charge in [0.05, 0.1) is 5.69 Å². The molecule has 0 aliphatic carbocycles. The van der Waals surface area contributed by atoms with Crippen molar-refractivity contribution in [3.63, 3.8) is 0 Å². The average Bonchev–Trinajstić information content (AvgIpc) is 2.42. The van der Waals surface area contributed by atoms with Crippen molar-refractivity contribution in [3.8, 4) is 11.6 Å². The average molecular weight is 243 g/mol. The molecule has 0 aliphatic heterocycles. The maximum Gasteiger partial charge on any atom is 0.238 e. The zero-order chi connectivity index (χ0) is 12.8. The summed E-state index contributed by atoms with van der Waals surface area (Å²) >= 11 is 0. The second kappa shape index (κ2) is 6.12. The third-order valence-electron chi connectivity index (χ3n) is 2.62. The molecule has 1 N–H and O–H groups in total. The molecule has 0 saturated heterocycles. The van der Waals surface area contributed by atoms with Crippen molar-refractivity contribution in [2.75, 3.05) is 7.05 Å². The van der Waals surface area contributed by atoms with Crippen LogP contribution in [0.1, 0.15) is 18.2 Å². The molecule has 2 aromatic rings. The lowest BCUT2D eigenvalue weighted by Gasteiger charge is -2.08. The zero-order valence-corrected chi connectivity index (χ0v) is 10.7. The largest absolute Gasteiger partial charge is 0.437 e. The Morgan fingerprint density at radius 2 is 1.94 bits per heavy atom. The number of rotatable bonds is 5. The van der Waals surface area contributed by atoms with Crippen LogP contribution in [0.5, 0.6) is 11.6 Å². The van der Waals surface area contributed by atoms with Crippen LogP contribution < -0.4 is 10.1 Å². The monoisotopic (exact) mass is 243 g/mol. The quantitative estimate of drug-likeness (QED) is 0.876. The fraction of sp³-hybridized carbons (Fsp3) is 0.286. The number of hydrogen-bond acceptors (Lipinski definition) is 4. The normalized spacial score (nSPS) is 10.3. The highest BCUT2D eigenvalue weighted by Crippen LogP contribution is 2.23. The van der Waals surface area contributed by atoms with Gasteiger partial charge in [-0.2, -0.15) is 5.10 Å². The van der Waals surface area contributed by atoms with Crippen molar-refractivity contribution in [2.24, 2.45) is 0 Å². The minimum absolute atomic E-state index is 0.524. The molecule has 4 nitrogen and oxygen atoms in total. The van der Waals surface area contributed by atoms with Gasteiger partial charge in [0.25, 0.3) is 0 Å². The van der Waals surface area contributed by atoms with Crippen molar-refractivity contribution in [3.05, 3.63) is 47.7 Å². The summed E-state index contributed by atoms with van der Waals surface area (Å²) in [5, 5.41) is 11.2. The smallest absolute Gasteiger partial charge is 0.238 e. The standard InChI is InChI=1S/C14H17N3O/c1-3-11-6-4-5-7-13(11)18-14-9-8-12(10-15-2)16-17-14/h4-9,15H,3,10H2,1-2H3. The molecule has 18 heavy (non-hydrogen) atoms. The third kappa shape index (κ3) is 3.05. The molecule has 1 heterocycles. The maximum absolute atomic E-state index is 5.74. The van der Waals surface area contributed by atoms with Crippen LogP contribution >= 0.6 is 0 Å². The summed E-state index contributed by atoms with van der Waals surface area (Å²) in [6, 6.07) is 11.7. The highest BCUT2D eigenvalue weighted by atomic mass is 16.5. The van der Waals surface area contributed by atoms with E-state index in [0.29, 0.717) is 12.4 Å². The summed E-state index contributed by atoms with van der Waals surface area (Å²) in [4.78, 5) is 0. The topological polar surface area (TPSA) is 47.0 Å². The first-order valence-corrected chi connectivity index (χ1v) is 6.06. The molecule has 0 radical (unpaired) electrons. The number of para-hydroxylation sites is 1. The molecule has 4 heteroatoms.